The SMILES string of the molecule is Cc1nc(N(C)C)ccc1-c1nc2n(CC(=O)Nc3ccc(C(F)(F)F)cc3Cl)c3c(c(=O)n2n1)C1(CCN(C(=O)c2ncnc(C)c2O)CC1)CC3C. The Hall–Kier alpha value is -5.58. The van der Waals surface area contributed by atoms with E-state index in [-0.39, 0.29) is 65.0 Å². The summed E-state index contributed by atoms with van der Waals surface area (Å²) >= 11 is 6.17. The highest BCUT2D eigenvalue weighted by Gasteiger charge is 2.49. The quantitative estimate of drug-likeness (QED) is 0.237. The highest BCUT2D eigenvalue weighted by Crippen LogP contribution is 2.50. The van der Waals surface area contributed by atoms with Crippen LogP contribution in [-0.4, -0.2) is 83.1 Å². The third kappa shape index (κ3) is 6.29. The van der Waals surface area contributed by atoms with Crippen molar-refractivity contribution in [2.24, 2.45) is 0 Å². The van der Waals surface area contributed by atoms with E-state index in [0.717, 1.165) is 18.2 Å². The summed E-state index contributed by atoms with van der Waals surface area (Å²) in [4.78, 5) is 62.5. The number of anilines is 2. The number of fused-ring (bicyclic) bond motifs is 3. The van der Waals surface area contributed by atoms with Gasteiger partial charge in [-0.1, -0.05) is 18.5 Å². The van der Waals surface area contributed by atoms with Crippen molar-refractivity contribution < 1.29 is 27.9 Å². The molecule has 1 spiro atoms. The van der Waals surface area contributed by atoms with Gasteiger partial charge in [0.15, 0.2) is 17.3 Å². The van der Waals surface area contributed by atoms with Crippen molar-refractivity contribution in [3.8, 4) is 17.1 Å². The van der Waals surface area contributed by atoms with E-state index in [2.05, 4.69) is 25.4 Å². The summed E-state index contributed by atoms with van der Waals surface area (Å²) in [7, 11) is 3.72. The molecule has 5 aromatic rings. The summed E-state index contributed by atoms with van der Waals surface area (Å²) in [6, 6.07) is 6.27. The summed E-state index contributed by atoms with van der Waals surface area (Å²) in [5.41, 5.74) is 0.366. The number of nitrogens with one attached hydrogen (secondary N) is 1. The maximum atomic E-state index is 14.6. The Kier molecular flexibility index (Phi) is 9.10. The molecule has 1 aliphatic heterocycles. The van der Waals surface area contributed by atoms with Gasteiger partial charge in [0.2, 0.25) is 11.7 Å². The van der Waals surface area contributed by atoms with E-state index in [9.17, 15) is 32.7 Å². The minimum Gasteiger partial charge on any atom is -0.504 e. The summed E-state index contributed by atoms with van der Waals surface area (Å²) in [5.74, 6) is -0.557. The van der Waals surface area contributed by atoms with Crippen molar-refractivity contribution in [3.05, 3.63) is 85.9 Å². The second-order valence-electron chi connectivity index (χ2n) is 14.1. The lowest BCUT2D eigenvalue weighted by molar-refractivity contribution is -0.137. The molecule has 7 rings (SSSR count). The minimum atomic E-state index is -4.62. The fraction of sp³-hybridized carbons (Fsp3) is 0.389. The zero-order valence-electron chi connectivity index (χ0n) is 30.0. The predicted octanol–water partition coefficient (Wildman–Crippen LogP) is 5.12. The topological polar surface area (TPSA) is 164 Å². The predicted molar refractivity (Wildman–Crippen MR) is 193 cm³/mol. The second kappa shape index (κ2) is 13.4. The molecule has 1 fully saturated rings. The second-order valence-corrected chi connectivity index (χ2v) is 14.5. The minimum absolute atomic E-state index is 0.0142. The maximum Gasteiger partial charge on any atom is 0.416 e. The fourth-order valence-corrected chi connectivity index (χ4v) is 7.89. The number of hydrogen-bond donors (Lipinski definition) is 2. The van der Waals surface area contributed by atoms with Crippen molar-refractivity contribution >= 4 is 40.7 Å². The first-order valence-electron chi connectivity index (χ1n) is 17.1. The average Bonchev–Trinajstić information content (AvgIpc) is 3.68. The van der Waals surface area contributed by atoms with Crippen molar-refractivity contribution in [2.45, 2.75) is 64.1 Å². The van der Waals surface area contributed by atoms with E-state index in [1.54, 1.807) is 29.4 Å². The number of alkyl halides is 3. The number of halogens is 4. The molecule has 282 valence electrons. The standard InChI is InChI=1S/C36H36ClF3N10O4/c1-18-15-35(10-12-48(13-11-35)33(54)28-30(52)20(3)41-17-42-28)27-29(18)49(16-26(51)44-24-8-6-21(14-23(24)37)36(38,39)40)34-45-31(46-50(34)32(27)53)22-7-9-25(47(4)5)43-19(22)2/h6-9,14,17-18,52H,10-13,15-16H2,1-5H3,(H,44,51). The number of carbonyl (C=O) groups excluding carboxylic acids is 2. The normalized spacial score (nSPS) is 16.5. The molecule has 1 aliphatic carbocycles. The smallest absolute Gasteiger partial charge is 0.416 e. The van der Waals surface area contributed by atoms with Gasteiger partial charge in [-0.2, -0.15) is 22.7 Å². The first-order chi connectivity index (χ1) is 25.5. The van der Waals surface area contributed by atoms with E-state index in [1.807, 2.05) is 32.0 Å². The van der Waals surface area contributed by atoms with Crippen LogP contribution in [0, 0.1) is 13.8 Å². The number of rotatable bonds is 6. The fourth-order valence-electron chi connectivity index (χ4n) is 7.66. The van der Waals surface area contributed by atoms with E-state index >= 15 is 0 Å². The van der Waals surface area contributed by atoms with Crippen LogP contribution in [0.2, 0.25) is 5.02 Å². The number of pyridine rings is 1. The van der Waals surface area contributed by atoms with Crippen LogP contribution < -0.4 is 15.8 Å². The molecular weight excluding hydrogens is 729 g/mol. The number of benzene rings is 1. The van der Waals surface area contributed by atoms with E-state index < -0.39 is 34.5 Å². The summed E-state index contributed by atoms with van der Waals surface area (Å²) in [6.45, 7) is 5.50. The molecule has 54 heavy (non-hydrogen) atoms. The van der Waals surface area contributed by atoms with Crippen molar-refractivity contribution in [3.63, 3.8) is 0 Å². The number of aromatic nitrogens is 7. The van der Waals surface area contributed by atoms with Crippen LogP contribution in [0.25, 0.3) is 17.2 Å². The van der Waals surface area contributed by atoms with Crippen LogP contribution in [-0.2, 0) is 22.9 Å². The Morgan fingerprint density at radius 2 is 1.80 bits per heavy atom. The van der Waals surface area contributed by atoms with Gasteiger partial charge >= 0.3 is 6.18 Å². The molecule has 2 amide bonds. The Morgan fingerprint density at radius 1 is 1.07 bits per heavy atom. The van der Waals surface area contributed by atoms with Crippen molar-refractivity contribution in [2.75, 3.05) is 37.4 Å². The molecule has 1 aromatic carbocycles. The Balaban J connectivity index is 1.30. The van der Waals surface area contributed by atoms with Gasteiger partial charge in [0.1, 0.15) is 18.7 Å². The van der Waals surface area contributed by atoms with Gasteiger partial charge in [-0.3, -0.25) is 14.4 Å². The number of aryl methyl sites for hydroxylation is 2. The largest absolute Gasteiger partial charge is 0.504 e. The molecule has 1 atom stereocenters. The lowest BCUT2D eigenvalue weighted by Crippen LogP contribution is -2.46. The lowest BCUT2D eigenvalue weighted by Gasteiger charge is -2.39. The highest BCUT2D eigenvalue weighted by molar-refractivity contribution is 6.33. The highest BCUT2D eigenvalue weighted by atomic mass is 35.5. The zero-order chi connectivity index (χ0) is 38.9. The number of amides is 2. The molecule has 1 unspecified atom stereocenters. The molecule has 2 aliphatic rings. The van der Waals surface area contributed by atoms with Crippen LogP contribution >= 0.6 is 11.6 Å². The Morgan fingerprint density at radius 3 is 2.44 bits per heavy atom. The van der Waals surface area contributed by atoms with Crippen LogP contribution in [0.1, 0.15) is 70.8 Å². The van der Waals surface area contributed by atoms with E-state index in [1.165, 1.54) is 10.8 Å². The number of nitrogens with zero attached hydrogens (tertiary/aromatic N) is 9. The molecule has 5 heterocycles. The van der Waals surface area contributed by atoms with Crippen molar-refractivity contribution in [1.82, 2.24) is 39.0 Å². The number of piperidine rings is 1. The molecule has 14 nitrogen and oxygen atoms in total. The maximum absolute atomic E-state index is 14.6. The Bertz CT molecular complexity index is 2400. The van der Waals surface area contributed by atoms with Crippen LogP contribution in [0.4, 0.5) is 24.7 Å². The first-order valence-corrected chi connectivity index (χ1v) is 17.5. The van der Waals surface area contributed by atoms with Gasteiger partial charge in [-0.25, -0.2) is 15.0 Å². The lowest BCUT2D eigenvalue weighted by atomic mass is 9.73. The number of aromatic hydroxyl groups is 1. The summed E-state index contributed by atoms with van der Waals surface area (Å²) < 4.78 is 42.7. The van der Waals surface area contributed by atoms with Gasteiger partial charge in [0.25, 0.3) is 11.5 Å². The van der Waals surface area contributed by atoms with Crippen LogP contribution in [0.5, 0.6) is 5.75 Å². The number of hydrogen-bond acceptors (Lipinski definition) is 10. The molecular formula is C36H36ClF3N10O4. The van der Waals surface area contributed by atoms with Gasteiger partial charge in [0.05, 0.1) is 27.7 Å². The molecule has 1 saturated heterocycles. The zero-order valence-corrected chi connectivity index (χ0v) is 30.7. The summed E-state index contributed by atoms with van der Waals surface area (Å²) in [6.07, 6.45) is -2.04. The van der Waals surface area contributed by atoms with Gasteiger partial charge in [-0.05, 0) is 69.4 Å². The van der Waals surface area contributed by atoms with Gasteiger partial charge in [0, 0.05) is 49.4 Å². The molecule has 0 saturated carbocycles. The Labute approximate surface area is 311 Å². The van der Waals surface area contributed by atoms with Gasteiger partial charge in [-0.15, -0.1) is 5.10 Å². The first kappa shape index (κ1) is 36.8. The third-order valence-electron chi connectivity index (χ3n) is 10.3. The van der Waals surface area contributed by atoms with E-state index in [4.69, 9.17) is 16.6 Å². The summed E-state index contributed by atoms with van der Waals surface area (Å²) in [5, 5.41) is 17.5. The third-order valence-corrected chi connectivity index (χ3v) is 10.6. The van der Waals surface area contributed by atoms with E-state index in [0.29, 0.717) is 47.6 Å². The molecule has 4 aromatic heterocycles. The monoisotopic (exact) mass is 764 g/mol. The number of carbonyl (C=O) groups is 2. The molecule has 0 radical (unpaired) electrons. The average molecular weight is 765 g/mol. The molecule has 0 bridgehead atoms. The van der Waals surface area contributed by atoms with Gasteiger partial charge < -0.3 is 24.8 Å². The van der Waals surface area contributed by atoms with Crippen LogP contribution in [0.3, 0.4) is 0 Å². The number of likely N-dealkylation sites (tertiary alicyclic amines) is 1. The van der Waals surface area contributed by atoms with Crippen molar-refractivity contribution in [1.29, 1.82) is 0 Å². The molecule has 18 heteroatoms. The van der Waals surface area contributed by atoms with Crippen LogP contribution in [0.15, 0.2) is 41.5 Å². The molecule has 2 N–H and O–H groups in total.